The number of esters is 1. The van der Waals surface area contributed by atoms with Crippen LogP contribution < -0.4 is 5.32 Å². The quantitative estimate of drug-likeness (QED) is 0.0149. The standard InChI is InChI=1S/C61H101NO10/c1-4-7-10-13-16-19-22-25-26-27-28-29-30-31-34-37-40-43-46-49-56(66)72-59-58(68)57(67)55(50-63)71-61(59)70-51-52(53(64)47-44-41-38-35-32-23-20-17-14-11-8-5-2)62-60(69)54(65)48-45-42-39-36-33-24-21-18-15-12-9-6-3/h7,9-10,12,15-16,18-19,21,24-26,28-29,31,34,44,47,52-55,57-59,61,63-65,67-68H,4-6,8,11,13-14,17,20,22-23,27,30,32-33,35-43,45-46,48-51H2,1-3H3,(H,62,69)/b10-7-,12-9+,18-15+,19-16-,24-21-,26-25-,29-28-,34-31-,47-44+. The van der Waals surface area contributed by atoms with Crippen molar-refractivity contribution in [1.29, 1.82) is 0 Å². The fraction of sp³-hybridized carbons (Fsp3) is 0.672. The van der Waals surface area contributed by atoms with Crippen LogP contribution in [-0.2, 0) is 23.8 Å². The molecule has 0 radical (unpaired) electrons. The summed E-state index contributed by atoms with van der Waals surface area (Å²) in [6.07, 6.45) is 54.2. The van der Waals surface area contributed by atoms with E-state index in [1.54, 1.807) is 6.08 Å². The van der Waals surface area contributed by atoms with Gasteiger partial charge in [-0.15, -0.1) is 0 Å². The highest BCUT2D eigenvalue weighted by Gasteiger charge is 2.47. The number of allylic oxidation sites excluding steroid dienone is 17. The third kappa shape index (κ3) is 36.3. The Hall–Kier alpha value is -3.68. The number of unbranched alkanes of at least 4 members (excludes halogenated alkanes) is 17. The third-order valence-corrected chi connectivity index (χ3v) is 12.5. The monoisotopic (exact) mass is 1010 g/mol. The zero-order valence-corrected chi connectivity index (χ0v) is 45.0. The number of aliphatic hydroxyl groups is 5. The molecule has 0 aromatic heterocycles. The highest BCUT2D eigenvalue weighted by atomic mass is 16.7. The van der Waals surface area contributed by atoms with Gasteiger partial charge in [0.25, 0.3) is 0 Å². The molecule has 1 fully saturated rings. The van der Waals surface area contributed by atoms with E-state index in [-0.39, 0.29) is 19.4 Å². The summed E-state index contributed by atoms with van der Waals surface area (Å²) in [6.45, 7) is 5.47. The fourth-order valence-electron chi connectivity index (χ4n) is 8.03. The smallest absolute Gasteiger partial charge is 0.306 e. The van der Waals surface area contributed by atoms with Gasteiger partial charge in [0.05, 0.1) is 25.4 Å². The van der Waals surface area contributed by atoms with E-state index < -0.39 is 67.4 Å². The summed E-state index contributed by atoms with van der Waals surface area (Å²) in [6, 6.07) is -1.05. The van der Waals surface area contributed by atoms with Crippen LogP contribution >= 0.6 is 0 Å². The largest absolute Gasteiger partial charge is 0.454 e. The molecule has 1 saturated heterocycles. The van der Waals surface area contributed by atoms with Crippen molar-refractivity contribution in [3.05, 3.63) is 109 Å². The summed E-state index contributed by atoms with van der Waals surface area (Å²) in [7, 11) is 0. The van der Waals surface area contributed by atoms with Gasteiger partial charge in [0.15, 0.2) is 12.4 Å². The molecule has 11 heteroatoms. The van der Waals surface area contributed by atoms with Crippen molar-refractivity contribution in [2.75, 3.05) is 13.2 Å². The average molecular weight is 1010 g/mol. The molecule has 8 unspecified atom stereocenters. The summed E-state index contributed by atoms with van der Waals surface area (Å²) < 4.78 is 17.5. The Morgan fingerprint density at radius 1 is 0.569 bits per heavy atom. The Balaban J connectivity index is 2.76. The van der Waals surface area contributed by atoms with E-state index in [1.165, 1.54) is 44.9 Å². The molecule has 1 heterocycles. The first-order valence-electron chi connectivity index (χ1n) is 28.2. The molecular formula is C61H101NO10. The lowest BCUT2D eigenvalue weighted by molar-refractivity contribution is -0.305. The van der Waals surface area contributed by atoms with Crippen molar-refractivity contribution in [2.45, 2.75) is 250 Å². The second-order valence-corrected chi connectivity index (χ2v) is 19.0. The van der Waals surface area contributed by atoms with Crippen LogP contribution in [-0.4, -0.2) is 99.6 Å². The number of ether oxygens (including phenoxy) is 3. The lowest BCUT2D eigenvalue weighted by atomic mass is 9.99. The molecule has 410 valence electrons. The van der Waals surface area contributed by atoms with Crippen LogP contribution in [0.15, 0.2) is 109 Å². The first-order chi connectivity index (χ1) is 35.2. The number of rotatable bonds is 45. The number of carbonyl (C=O) groups is 2. The number of aliphatic hydroxyl groups excluding tert-OH is 5. The molecule has 1 amide bonds. The van der Waals surface area contributed by atoms with Gasteiger partial charge in [0, 0.05) is 6.42 Å². The Labute approximate surface area is 437 Å². The van der Waals surface area contributed by atoms with E-state index in [0.717, 1.165) is 109 Å². The summed E-state index contributed by atoms with van der Waals surface area (Å²) in [5, 5.41) is 56.7. The van der Waals surface area contributed by atoms with Gasteiger partial charge in [-0.3, -0.25) is 9.59 Å². The van der Waals surface area contributed by atoms with Gasteiger partial charge in [-0.05, 0) is 89.9 Å². The molecule has 1 aliphatic heterocycles. The Morgan fingerprint density at radius 2 is 1.07 bits per heavy atom. The molecule has 0 aliphatic carbocycles. The van der Waals surface area contributed by atoms with E-state index in [4.69, 9.17) is 14.2 Å². The average Bonchev–Trinajstić information content (AvgIpc) is 3.38. The van der Waals surface area contributed by atoms with Crippen LogP contribution in [0.4, 0.5) is 0 Å². The van der Waals surface area contributed by atoms with Crippen molar-refractivity contribution in [3.63, 3.8) is 0 Å². The van der Waals surface area contributed by atoms with Crippen LogP contribution in [0.5, 0.6) is 0 Å². The maximum Gasteiger partial charge on any atom is 0.306 e. The SMILES string of the molecule is CC/C=C\C/C=C\C/C=C\C/C=C\C/C=C\CCCCCC(=O)OC1C(OCC(NC(=O)C(O)CCCCCC\C=C/C=C/C=C/CC)C(O)/C=C/CCCCCCCCCCCC)OC(CO)C(O)C1O. The molecule has 1 rings (SSSR count). The second-order valence-electron chi connectivity index (χ2n) is 19.0. The van der Waals surface area contributed by atoms with Gasteiger partial charge in [-0.25, -0.2) is 0 Å². The lowest BCUT2D eigenvalue weighted by Crippen LogP contribution is -2.61. The predicted octanol–water partition coefficient (Wildman–Crippen LogP) is 12.5. The molecule has 0 bridgehead atoms. The molecule has 0 spiro atoms. The number of hydrogen-bond donors (Lipinski definition) is 6. The highest BCUT2D eigenvalue weighted by Crippen LogP contribution is 2.26. The predicted molar refractivity (Wildman–Crippen MR) is 296 cm³/mol. The molecule has 6 N–H and O–H groups in total. The maximum absolute atomic E-state index is 13.3. The molecular weight excluding hydrogens is 907 g/mol. The number of hydrogen-bond acceptors (Lipinski definition) is 10. The van der Waals surface area contributed by atoms with Crippen molar-refractivity contribution in [2.24, 2.45) is 0 Å². The van der Waals surface area contributed by atoms with Gasteiger partial charge >= 0.3 is 5.97 Å². The first-order valence-corrected chi connectivity index (χ1v) is 28.2. The van der Waals surface area contributed by atoms with Crippen molar-refractivity contribution < 1.29 is 49.3 Å². The minimum atomic E-state index is -1.64. The van der Waals surface area contributed by atoms with Crippen molar-refractivity contribution in [1.82, 2.24) is 5.32 Å². The van der Waals surface area contributed by atoms with Crippen LogP contribution in [0.3, 0.4) is 0 Å². The third-order valence-electron chi connectivity index (χ3n) is 12.5. The van der Waals surface area contributed by atoms with E-state index in [9.17, 15) is 35.1 Å². The van der Waals surface area contributed by atoms with Gasteiger partial charge in [-0.1, -0.05) is 214 Å². The number of carbonyl (C=O) groups excluding carboxylic acids is 2. The topological polar surface area (TPSA) is 175 Å². The first kappa shape index (κ1) is 66.3. The molecule has 8 atom stereocenters. The Bertz CT molecular complexity index is 1580. The maximum atomic E-state index is 13.3. The van der Waals surface area contributed by atoms with Crippen LogP contribution in [0, 0.1) is 0 Å². The van der Waals surface area contributed by atoms with E-state index in [0.29, 0.717) is 12.8 Å². The Morgan fingerprint density at radius 3 is 1.65 bits per heavy atom. The minimum absolute atomic E-state index is 0.0755. The second kappa shape index (κ2) is 48.3. The van der Waals surface area contributed by atoms with Crippen molar-refractivity contribution in [3.8, 4) is 0 Å². The molecule has 0 aromatic carbocycles. The molecule has 1 aliphatic rings. The van der Waals surface area contributed by atoms with Crippen molar-refractivity contribution >= 4 is 11.9 Å². The highest BCUT2D eigenvalue weighted by molar-refractivity contribution is 5.80. The summed E-state index contributed by atoms with van der Waals surface area (Å²) >= 11 is 0. The molecule has 0 aromatic rings. The normalized spacial score (nSPS) is 20.4. The van der Waals surface area contributed by atoms with Crippen LogP contribution in [0.25, 0.3) is 0 Å². The molecule has 0 saturated carbocycles. The van der Waals surface area contributed by atoms with Crippen LogP contribution in [0.1, 0.15) is 201 Å². The van der Waals surface area contributed by atoms with E-state index in [1.807, 2.05) is 30.4 Å². The molecule has 72 heavy (non-hydrogen) atoms. The zero-order chi connectivity index (χ0) is 52.5. The molecule has 11 nitrogen and oxygen atoms in total. The van der Waals surface area contributed by atoms with E-state index in [2.05, 4.69) is 99.0 Å². The summed E-state index contributed by atoms with van der Waals surface area (Å²) in [4.78, 5) is 26.4. The van der Waals surface area contributed by atoms with Crippen LogP contribution in [0.2, 0.25) is 0 Å². The van der Waals surface area contributed by atoms with Gasteiger partial charge in [0.2, 0.25) is 5.91 Å². The number of amides is 1. The fourth-order valence-corrected chi connectivity index (χ4v) is 8.03. The zero-order valence-electron chi connectivity index (χ0n) is 45.0. The van der Waals surface area contributed by atoms with Gasteiger partial charge in [-0.2, -0.15) is 0 Å². The van der Waals surface area contributed by atoms with E-state index >= 15 is 0 Å². The summed E-state index contributed by atoms with van der Waals surface area (Å²) in [5.41, 5.74) is 0. The lowest BCUT2D eigenvalue weighted by Gasteiger charge is -2.41. The minimum Gasteiger partial charge on any atom is -0.454 e. The summed E-state index contributed by atoms with van der Waals surface area (Å²) in [5.74, 6) is -1.26. The van der Waals surface area contributed by atoms with Gasteiger partial charge in [0.1, 0.15) is 24.4 Å². The Kier molecular flexibility index (Phi) is 44.5. The number of nitrogens with one attached hydrogen (secondary N) is 1. The van der Waals surface area contributed by atoms with Gasteiger partial charge < -0.3 is 45.1 Å².